The normalized spacial score (nSPS) is 11.3. The van der Waals surface area contributed by atoms with E-state index in [1.54, 1.807) is 24.3 Å². The Morgan fingerprint density at radius 2 is 1.67 bits per heavy atom. The lowest BCUT2D eigenvalue weighted by Gasteiger charge is -2.15. The van der Waals surface area contributed by atoms with E-state index >= 15 is 0 Å². The number of hydrogen-bond donors (Lipinski definition) is 0. The molecule has 2 aromatic carbocycles. The first-order chi connectivity index (χ1) is 11.3. The minimum absolute atomic E-state index is 0.132. The van der Waals surface area contributed by atoms with Gasteiger partial charge in [-0.1, -0.05) is 29.8 Å². The molecule has 0 bridgehead atoms. The van der Waals surface area contributed by atoms with Crippen molar-refractivity contribution < 1.29 is 17.4 Å². The quantitative estimate of drug-likeness (QED) is 0.433. The van der Waals surface area contributed by atoms with Crippen molar-refractivity contribution in [3.05, 3.63) is 58.7 Å². The molecule has 0 saturated carbocycles. The summed E-state index contributed by atoms with van der Waals surface area (Å²) >= 11 is 0. The Morgan fingerprint density at radius 1 is 1.00 bits per heavy atom. The molecular weight excluding hydrogens is 324 g/mol. The molecule has 0 heterocycles. The summed E-state index contributed by atoms with van der Waals surface area (Å²) < 4.78 is 30.6. The SMILES string of the molecule is Cc1ccc(S(=O)(=O)Oc2c(CCCC=O)ccc(C)c2C)cc1. The number of hydrogen-bond acceptors (Lipinski definition) is 4. The van der Waals surface area contributed by atoms with Gasteiger partial charge in [0.25, 0.3) is 0 Å². The van der Waals surface area contributed by atoms with Gasteiger partial charge in [-0.3, -0.25) is 0 Å². The molecule has 24 heavy (non-hydrogen) atoms. The van der Waals surface area contributed by atoms with Crippen molar-refractivity contribution in [2.24, 2.45) is 0 Å². The third kappa shape index (κ3) is 4.23. The van der Waals surface area contributed by atoms with E-state index in [4.69, 9.17) is 4.18 Å². The Labute approximate surface area is 143 Å². The number of benzene rings is 2. The average Bonchev–Trinajstić information content (AvgIpc) is 2.54. The Bertz CT molecular complexity index is 821. The minimum atomic E-state index is -3.89. The van der Waals surface area contributed by atoms with Gasteiger partial charge < -0.3 is 8.98 Å². The van der Waals surface area contributed by atoms with Crippen molar-refractivity contribution in [1.29, 1.82) is 0 Å². The molecule has 0 spiro atoms. The Kier molecular flexibility index (Phi) is 5.78. The largest absolute Gasteiger partial charge is 0.378 e. The van der Waals surface area contributed by atoms with Crippen molar-refractivity contribution in [3.63, 3.8) is 0 Å². The van der Waals surface area contributed by atoms with Gasteiger partial charge in [-0.15, -0.1) is 0 Å². The maximum absolute atomic E-state index is 12.6. The van der Waals surface area contributed by atoms with Crippen LogP contribution in [0.1, 0.15) is 35.1 Å². The molecule has 0 aliphatic carbocycles. The average molecular weight is 346 g/mol. The molecule has 2 rings (SSSR count). The fraction of sp³-hybridized carbons (Fsp3) is 0.316. The summed E-state index contributed by atoms with van der Waals surface area (Å²) in [6.07, 6.45) is 2.56. The summed E-state index contributed by atoms with van der Waals surface area (Å²) in [5.74, 6) is 0.376. The van der Waals surface area contributed by atoms with Crippen LogP contribution in [0.5, 0.6) is 5.75 Å². The molecule has 0 unspecified atom stereocenters. The molecule has 0 atom stereocenters. The van der Waals surface area contributed by atoms with Gasteiger partial charge in [0.05, 0.1) is 0 Å². The van der Waals surface area contributed by atoms with E-state index in [1.807, 2.05) is 32.9 Å². The fourth-order valence-corrected chi connectivity index (χ4v) is 3.41. The van der Waals surface area contributed by atoms with Crippen LogP contribution in [-0.2, 0) is 21.3 Å². The highest BCUT2D eigenvalue weighted by molar-refractivity contribution is 7.87. The van der Waals surface area contributed by atoms with Gasteiger partial charge in [-0.25, -0.2) is 0 Å². The summed E-state index contributed by atoms with van der Waals surface area (Å²) in [6.45, 7) is 5.65. The van der Waals surface area contributed by atoms with Crippen molar-refractivity contribution in [2.45, 2.75) is 44.9 Å². The Morgan fingerprint density at radius 3 is 2.29 bits per heavy atom. The zero-order chi connectivity index (χ0) is 17.7. The number of aryl methyl sites for hydroxylation is 3. The van der Waals surface area contributed by atoms with E-state index in [9.17, 15) is 13.2 Å². The first-order valence-corrected chi connectivity index (χ1v) is 9.30. The lowest BCUT2D eigenvalue weighted by atomic mass is 10.0. The topological polar surface area (TPSA) is 60.4 Å². The summed E-state index contributed by atoms with van der Waals surface area (Å²) in [5, 5.41) is 0. The Balaban J connectivity index is 2.37. The molecule has 5 heteroatoms. The van der Waals surface area contributed by atoms with Gasteiger partial charge in [0.15, 0.2) is 0 Å². The number of aldehydes is 1. The van der Waals surface area contributed by atoms with Crippen molar-refractivity contribution in [1.82, 2.24) is 0 Å². The van der Waals surface area contributed by atoms with Gasteiger partial charge in [-0.2, -0.15) is 8.42 Å². The zero-order valence-corrected chi connectivity index (χ0v) is 15.0. The van der Waals surface area contributed by atoms with E-state index in [1.165, 1.54) is 0 Å². The summed E-state index contributed by atoms with van der Waals surface area (Å²) in [5.41, 5.74) is 3.54. The molecule has 0 aliphatic heterocycles. The lowest BCUT2D eigenvalue weighted by molar-refractivity contribution is -0.107. The van der Waals surface area contributed by atoms with Crippen LogP contribution in [0, 0.1) is 20.8 Å². The molecule has 0 radical (unpaired) electrons. The summed E-state index contributed by atoms with van der Waals surface area (Å²) in [7, 11) is -3.89. The first-order valence-electron chi connectivity index (χ1n) is 7.89. The van der Waals surface area contributed by atoms with Crippen molar-refractivity contribution >= 4 is 16.4 Å². The highest BCUT2D eigenvalue weighted by Crippen LogP contribution is 2.30. The number of rotatable bonds is 7. The molecule has 4 nitrogen and oxygen atoms in total. The standard InChI is InChI=1S/C19H22O4S/c1-14-7-11-18(12-8-14)24(21,22)23-19-16(3)15(2)9-10-17(19)6-4-5-13-20/h7-13H,4-6H2,1-3H3. The molecule has 0 amide bonds. The second kappa shape index (κ2) is 7.62. The number of carbonyl (C=O) groups excluding carboxylic acids is 1. The molecule has 0 N–H and O–H groups in total. The van der Waals surface area contributed by atoms with E-state index in [0.29, 0.717) is 25.0 Å². The van der Waals surface area contributed by atoms with Crippen LogP contribution < -0.4 is 4.18 Å². The lowest BCUT2D eigenvalue weighted by Crippen LogP contribution is -2.12. The van der Waals surface area contributed by atoms with Crippen LogP contribution >= 0.6 is 0 Å². The summed E-state index contributed by atoms with van der Waals surface area (Å²) in [4.78, 5) is 10.6. The van der Waals surface area contributed by atoms with Crippen molar-refractivity contribution in [2.75, 3.05) is 0 Å². The Hall–Kier alpha value is -2.14. The minimum Gasteiger partial charge on any atom is -0.378 e. The van der Waals surface area contributed by atoms with Gasteiger partial charge in [0.1, 0.15) is 16.9 Å². The second-order valence-electron chi connectivity index (χ2n) is 5.91. The zero-order valence-electron chi connectivity index (χ0n) is 14.2. The molecule has 128 valence electrons. The van der Waals surface area contributed by atoms with Crippen LogP contribution in [0.25, 0.3) is 0 Å². The first kappa shape index (κ1) is 18.2. The highest BCUT2D eigenvalue weighted by atomic mass is 32.2. The van der Waals surface area contributed by atoms with Gasteiger partial charge >= 0.3 is 10.1 Å². The maximum atomic E-state index is 12.6. The maximum Gasteiger partial charge on any atom is 0.339 e. The highest BCUT2D eigenvalue weighted by Gasteiger charge is 2.20. The predicted octanol–water partition coefficient (Wildman–Crippen LogP) is 3.90. The summed E-state index contributed by atoms with van der Waals surface area (Å²) in [6, 6.07) is 10.4. The van der Waals surface area contributed by atoms with Crippen LogP contribution in [0.4, 0.5) is 0 Å². The van der Waals surface area contributed by atoms with Gasteiger partial charge in [0.2, 0.25) is 0 Å². The number of unbranched alkanes of at least 4 members (excludes halogenated alkanes) is 1. The van der Waals surface area contributed by atoms with Crippen LogP contribution in [0.3, 0.4) is 0 Å². The smallest absolute Gasteiger partial charge is 0.339 e. The third-order valence-corrected chi connectivity index (χ3v) is 5.26. The van der Waals surface area contributed by atoms with Crippen LogP contribution in [0.15, 0.2) is 41.3 Å². The van der Waals surface area contributed by atoms with Crippen molar-refractivity contribution in [3.8, 4) is 5.75 Å². The van der Waals surface area contributed by atoms with Crippen LogP contribution in [-0.4, -0.2) is 14.7 Å². The van der Waals surface area contributed by atoms with E-state index in [2.05, 4.69) is 0 Å². The molecule has 0 aliphatic rings. The molecule has 0 saturated heterocycles. The predicted molar refractivity (Wildman–Crippen MR) is 93.9 cm³/mol. The fourth-order valence-electron chi connectivity index (χ4n) is 2.40. The third-order valence-electron chi connectivity index (χ3n) is 4.03. The molecular formula is C19H22O4S. The molecule has 2 aromatic rings. The van der Waals surface area contributed by atoms with Gasteiger partial charge in [0, 0.05) is 6.42 Å². The van der Waals surface area contributed by atoms with E-state index < -0.39 is 10.1 Å². The van der Waals surface area contributed by atoms with E-state index in [-0.39, 0.29) is 4.90 Å². The van der Waals surface area contributed by atoms with Crippen LogP contribution in [0.2, 0.25) is 0 Å². The van der Waals surface area contributed by atoms with Gasteiger partial charge in [-0.05, 0) is 62.4 Å². The second-order valence-corrected chi connectivity index (χ2v) is 7.45. The molecule has 0 fully saturated rings. The number of carbonyl (C=O) groups is 1. The monoisotopic (exact) mass is 346 g/mol. The molecule has 0 aromatic heterocycles. The van der Waals surface area contributed by atoms with E-state index in [0.717, 1.165) is 28.5 Å².